The molecule has 6 heteroatoms. The number of anilines is 1. The highest BCUT2D eigenvalue weighted by atomic mass is 32.1. The second-order valence-electron chi connectivity index (χ2n) is 6.77. The number of thiophene rings is 1. The van der Waals surface area contributed by atoms with Crippen molar-refractivity contribution in [1.29, 1.82) is 0 Å². The minimum absolute atomic E-state index is 0.00961. The number of hydrogen-bond acceptors (Lipinski definition) is 5. The van der Waals surface area contributed by atoms with Crippen molar-refractivity contribution in [3.05, 3.63) is 46.4 Å². The molecule has 2 aromatic rings. The van der Waals surface area contributed by atoms with Crippen molar-refractivity contribution in [1.82, 2.24) is 9.88 Å². The van der Waals surface area contributed by atoms with E-state index in [0.29, 0.717) is 13.2 Å². The van der Waals surface area contributed by atoms with Crippen LogP contribution in [-0.2, 0) is 16.1 Å². The summed E-state index contributed by atoms with van der Waals surface area (Å²) in [5.74, 6) is 0.132. The van der Waals surface area contributed by atoms with Crippen molar-refractivity contribution in [2.75, 3.05) is 31.1 Å². The fraction of sp³-hybridized carbons (Fsp3) is 0.474. The summed E-state index contributed by atoms with van der Waals surface area (Å²) in [6.07, 6.45) is 2.63. The largest absolute Gasteiger partial charge is 0.374 e. The highest BCUT2D eigenvalue weighted by Crippen LogP contribution is 2.29. The van der Waals surface area contributed by atoms with Gasteiger partial charge in [0.15, 0.2) is 0 Å². The Morgan fingerprint density at radius 2 is 2.24 bits per heavy atom. The average molecular weight is 357 g/mol. The standard InChI is InChI=1S/C19H23N3O2S/c1-14-4-5-15(11-20-14)22-8-9-24-18-13-21(7-6-17(18)19(22)23)12-16-3-2-10-25-16/h2-5,10-11,17-18H,6-9,12-13H2,1H3/t17-,18+/m1/s1. The first-order valence-corrected chi connectivity index (χ1v) is 9.69. The Balaban J connectivity index is 1.46. The third-order valence-corrected chi connectivity index (χ3v) is 5.90. The number of piperidine rings is 1. The molecule has 0 radical (unpaired) electrons. The summed E-state index contributed by atoms with van der Waals surface area (Å²) in [5, 5.41) is 2.11. The first kappa shape index (κ1) is 16.7. The molecule has 0 unspecified atom stereocenters. The number of carbonyl (C=O) groups excluding carboxylic acids is 1. The molecule has 0 N–H and O–H groups in total. The van der Waals surface area contributed by atoms with E-state index in [0.717, 1.165) is 37.4 Å². The van der Waals surface area contributed by atoms with Crippen LogP contribution in [0.3, 0.4) is 0 Å². The summed E-state index contributed by atoms with van der Waals surface area (Å²) in [4.78, 5) is 23.1. The molecule has 0 aromatic carbocycles. The lowest BCUT2D eigenvalue weighted by atomic mass is 9.92. The van der Waals surface area contributed by atoms with Gasteiger partial charge < -0.3 is 9.64 Å². The van der Waals surface area contributed by atoms with E-state index >= 15 is 0 Å². The van der Waals surface area contributed by atoms with Gasteiger partial charge in [-0.15, -0.1) is 11.3 Å². The van der Waals surface area contributed by atoms with Crippen LogP contribution in [0.25, 0.3) is 0 Å². The zero-order valence-electron chi connectivity index (χ0n) is 14.4. The Morgan fingerprint density at radius 1 is 1.32 bits per heavy atom. The monoisotopic (exact) mass is 357 g/mol. The molecule has 0 saturated carbocycles. The van der Waals surface area contributed by atoms with Gasteiger partial charge in [0.1, 0.15) is 0 Å². The Kier molecular flexibility index (Phi) is 4.83. The Bertz CT molecular complexity index is 717. The molecule has 2 fully saturated rings. The predicted octanol–water partition coefficient (Wildman–Crippen LogP) is 2.71. The van der Waals surface area contributed by atoms with E-state index in [2.05, 4.69) is 27.4 Å². The molecular formula is C19H23N3O2S. The van der Waals surface area contributed by atoms with E-state index in [-0.39, 0.29) is 17.9 Å². The van der Waals surface area contributed by atoms with Gasteiger partial charge in [-0.1, -0.05) is 6.07 Å². The summed E-state index contributed by atoms with van der Waals surface area (Å²) < 4.78 is 6.08. The molecular weight excluding hydrogens is 334 g/mol. The van der Waals surface area contributed by atoms with E-state index in [4.69, 9.17) is 4.74 Å². The van der Waals surface area contributed by atoms with Gasteiger partial charge in [0.05, 0.1) is 30.5 Å². The number of amides is 1. The molecule has 2 atom stereocenters. The summed E-state index contributed by atoms with van der Waals surface area (Å²) in [6, 6.07) is 8.19. The zero-order valence-corrected chi connectivity index (χ0v) is 15.2. The fourth-order valence-corrected chi connectivity index (χ4v) is 4.43. The second kappa shape index (κ2) is 7.23. The number of pyridine rings is 1. The van der Waals surface area contributed by atoms with Crippen LogP contribution >= 0.6 is 11.3 Å². The van der Waals surface area contributed by atoms with Gasteiger partial charge in [0.2, 0.25) is 5.91 Å². The van der Waals surface area contributed by atoms with Gasteiger partial charge in [0.25, 0.3) is 0 Å². The Hall–Kier alpha value is -1.76. The van der Waals surface area contributed by atoms with E-state index in [1.807, 2.05) is 24.0 Å². The highest BCUT2D eigenvalue weighted by molar-refractivity contribution is 7.09. The third-order valence-electron chi connectivity index (χ3n) is 5.04. The maximum absolute atomic E-state index is 13.1. The Morgan fingerprint density at radius 3 is 3.00 bits per heavy atom. The molecule has 0 spiro atoms. The van der Waals surface area contributed by atoms with Crippen molar-refractivity contribution < 1.29 is 9.53 Å². The quantitative estimate of drug-likeness (QED) is 0.847. The summed E-state index contributed by atoms with van der Waals surface area (Å²) >= 11 is 1.78. The van der Waals surface area contributed by atoms with Crippen molar-refractivity contribution >= 4 is 22.9 Å². The molecule has 5 nitrogen and oxygen atoms in total. The molecule has 2 aliphatic heterocycles. The van der Waals surface area contributed by atoms with E-state index in [1.165, 1.54) is 4.88 Å². The van der Waals surface area contributed by atoms with Crippen LogP contribution in [0.15, 0.2) is 35.8 Å². The predicted molar refractivity (Wildman–Crippen MR) is 98.8 cm³/mol. The Labute approximate surface area is 152 Å². The molecule has 4 rings (SSSR count). The van der Waals surface area contributed by atoms with Gasteiger partial charge in [0, 0.05) is 30.2 Å². The minimum atomic E-state index is -0.0524. The fourth-order valence-electron chi connectivity index (χ4n) is 3.68. The average Bonchev–Trinajstić information content (AvgIpc) is 3.07. The molecule has 132 valence electrons. The lowest BCUT2D eigenvalue weighted by molar-refractivity contribution is -0.128. The summed E-state index contributed by atoms with van der Waals surface area (Å²) in [5.41, 5.74) is 1.84. The van der Waals surface area contributed by atoms with E-state index in [1.54, 1.807) is 17.5 Å². The zero-order chi connectivity index (χ0) is 17.2. The number of nitrogens with zero attached hydrogens (tertiary/aromatic N) is 3. The van der Waals surface area contributed by atoms with Crippen LogP contribution in [0.2, 0.25) is 0 Å². The van der Waals surface area contributed by atoms with Gasteiger partial charge in [-0.25, -0.2) is 0 Å². The van der Waals surface area contributed by atoms with Crippen LogP contribution in [0.1, 0.15) is 17.0 Å². The van der Waals surface area contributed by atoms with Gasteiger partial charge in [-0.3, -0.25) is 14.7 Å². The molecule has 0 bridgehead atoms. The number of rotatable bonds is 3. The van der Waals surface area contributed by atoms with Crippen molar-refractivity contribution in [2.24, 2.45) is 5.92 Å². The van der Waals surface area contributed by atoms with Crippen LogP contribution < -0.4 is 4.90 Å². The number of carbonyl (C=O) groups is 1. The summed E-state index contributed by atoms with van der Waals surface area (Å²) in [7, 11) is 0. The topological polar surface area (TPSA) is 45.7 Å². The van der Waals surface area contributed by atoms with Crippen LogP contribution in [0.5, 0.6) is 0 Å². The lowest BCUT2D eigenvalue weighted by Gasteiger charge is -2.36. The molecule has 2 aliphatic rings. The maximum atomic E-state index is 13.1. The van der Waals surface area contributed by atoms with Crippen molar-refractivity contribution in [2.45, 2.75) is 26.0 Å². The van der Waals surface area contributed by atoms with E-state index < -0.39 is 0 Å². The molecule has 0 aliphatic carbocycles. The van der Waals surface area contributed by atoms with Gasteiger partial charge in [-0.05, 0) is 43.5 Å². The smallest absolute Gasteiger partial charge is 0.232 e. The van der Waals surface area contributed by atoms with Gasteiger partial charge in [-0.2, -0.15) is 0 Å². The molecule has 4 heterocycles. The maximum Gasteiger partial charge on any atom is 0.232 e. The van der Waals surface area contributed by atoms with E-state index in [9.17, 15) is 4.79 Å². The normalized spacial score (nSPS) is 24.8. The van der Waals surface area contributed by atoms with Gasteiger partial charge >= 0.3 is 0 Å². The van der Waals surface area contributed by atoms with Crippen LogP contribution in [0.4, 0.5) is 5.69 Å². The molecule has 2 saturated heterocycles. The molecule has 25 heavy (non-hydrogen) atoms. The minimum Gasteiger partial charge on any atom is -0.374 e. The number of hydrogen-bond donors (Lipinski definition) is 0. The van der Waals surface area contributed by atoms with Crippen molar-refractivity contribution in [3.63, 3.8) is 0 Å². The summed E-state index contributed by atoms with van der Waals surface area (Å²) in [6.45, 7) is 5.85. The third kappa shape index (κ3) is 3.61. The molecule has 1 amide bonds. The second-order valence-corrected chi connectivity index (χ2v) is 7.80. The first-order chi connectivity index (χ1) is 12.2. The first-order valence-electron chi connectivity index (χ1n) is 8.81. The van der Waals surface area contributed by atoms with Crippen molar-refractivity contribution in [3.8, 4) is 0 Å². The number of ether oxygens (including phenoxy) is 1. The lowest BCUT2D eigenvalue weighted by Crippen LogP contribution is -2.49. The van der Waals surface area contributed by atoms with Crippen LogP contribution in [0, 0.1) is 12.8 Å². The SMILES string of the molecule is Cc1ccc(N2CCO[C@H]3CN(Cc4cccs4)CC[C@H]3C2=O)cn1. The number of fused-ring (bicyclic) bond motifs is 1. The molecule has 2 aromatic heterocycles. The number of likely N-dealkylation sites (tertiary alicyclic amines) is 1. The number of aromatic nitrogens is 1. The van der Waals surface area contributed by atoms with Crippen LogP contribution in [-0.4, -0.2) is 48.1 Å². The number of aryl methyl sites for hydroxylation is 1. The highest BCUT2D eigenvalue weighted by Gasteiger charge is 2.39.